The Kier molecular flexibility index (Phi) is 37.5. The molecule has 0 aromatic carbocycles. The zero-order valence-electron chi connectivity index (χ0n) is 66.3. The summed E-state index contributed by atoms with van der Waals surface area (Å²) < 4.78 is 0. The molecule has 0 fully saturated rings. The van der Waals surface area contributed by atoms with Crippen molar-refractivity contribution in [1.82, 2.24) is 19.8 Å². The molecule has 106 heavy (non-hydrogen) atoms. The van der Waals surface area contributed by atoms with Gasteiger partial charge in [0.25, 0.3) is 11.8 Å². The Morgan fingerprint density at radius 1 is 0.358 bits per heavy atom. The molecule has 6 nitrogen and oxygen atoms in total. The quantitative estimate of drug-likeness (QED) is 0.0356. The Labute approximate surface area is 671 Å². The van der Waals surface area contributed by atoms with E-state index in [0.29, 0.717) is 36.1 Å². The van der Waals surface area contributed by atoms with Crippen molar-refractivity contribution >= 4 is 113 Å². The molecule has 0 spiro atoms. The van der Waals surface area contributed by atoms with Crippen LogP contribution in [0.15, 0.2) is 107 Å². The molecule has 0 saturated heterocycles. The first kappa shape index (κ1) is 84.2. The van der Waals surface area contributed by atoms with Crippen molar-refractivity contribution in [2.75, 3.05) is 13.1 Å². The summed E-state index contributed by atoms with van der Waals surface area (Å²) >= 11 is 12.8. The van der Waals surface area contributed by atoms with Crippen LogP contribution in [0, 0.1) is 18.8 Å². The van der Waals surface area contributed by atoms with E-state index < -0.39 is 0 Å². The number of nitrogens with zero attached hydrogens (tertiary/aromatic N) is 4. The summed E-state index contributed by atoms with van der Waals surface area (Å²) in [6, 6.07) is 18.3. The standard InChI is InChI=1S/C93H132N4O2S7/c1-7-12-17-21-25-29-31-33-37-41-46-51-72(49-44-39-35-28-24-20-15-10-4)69-97-89(91-95-67-85(106-91)83-64-63-82(104-83)81-62-61-80(103-81)78-59-55-70(6)100-78)87-86(92(97)98)88(96(93(87)99)68-71(48-43-38-34-27-23-19-14-9-3)50-45-40-36-32-30-26-22-18-13-8-2)90-94-66-84(105-90)74-57-56-73(65-74)76-53-47-54-77(102-76)79-60-58-75(101-79)52-42-16-11-5/h53-64,66-67,71-72H,7-52,65,68-69H2,1-6H3. The predicted octanol–water partition coefficient (Wildman–Crippen LogP) is 31.8. The van der Waals surface area contributed by atoms with Gasteiger partial charge in [-0.1, -0.05) is 321 Å². The SMILES string of the molecule is CCCCCCCCCCCCCC(CCCCCCCCCC)CN1C(=O)C2=C(c3ncc(C4=CC=C(C5=CCC=C(c6ccc(CCCCC)s6)S5)C4)s3)N(CC(CCCCCCCCCC)CCCCCCCCCCCC)C(=O)C2=C1c1ncc(-c2ccc(-c3ccc(-c4ccc(C)s4)s3)s2)s1. The number of fused-ring (bicyclic) bond motifs is 1. The number of rotatable bonds is 57. The second-order valence-electron chi connectivity index (χ2n) is 31.4. The summed E-state index contributed by atoms with van der Waals surface area (Å²) in [6.45, 7) is 14.9. The van der Waals surface area contributed by atoms with E-state index in [-0.39, 0.29) is 11.8 Å². The molecule has 6 aromatic heterocycles. The van der Waals surface area contributed by atoms with E-state index in [4.69, 9.17) is 9.97 Å². The van der Waals surface area contributed by atoms with Crippen LogP contribution in [0.3, 0.4) is 0 Å². The summed E-state index contributed by atoms with van der Waals surface area (Å²) in [7, 11) is 0. The van der Waals surface area contributed by atoms with Crippen LogP contribution in [-0.2, 0) is 16.0 Å². The van der Waals surface area contributed by atoms with Crippen molar-refractivity contribution in [3.05, 3.63) is 136 Å². The highest BCUT2D eigenvalue weighted by Crippen LogP contribution is 2.52. The molecule has 0 saturated carbocycles. The third-order valence-corrected chi connectivity index (χ3v) is 30.9. The molecule has 4 aliphatic rings. The van der Waals surface area contributed by atoms with Gasteiger partial charge in [0, 0.05) is 74.3 Å². The number of amides is 2. The summed E-state index contributed by atoms with van der Waals surface area (Å²) in [6.07, 6.45) is 72.7. The number of aromatic nitrogens is 2. The highest BCUT2D eigenvalue weighted by Gasteiger charge is 2.51. The van der Waals surface area contributed by atoms with Crippen LogP contribution in [-0.4, -0.2) is 44.7 Å². The maximum Gasteiger partial charge on any atom is 0.261 e. The molecule has 2 atom stereocenters. The first-order valence-corrected chi connectivity index (χ1v) is 48.8. The molecule has 578 valence electrons. The fourth-order valence-electron chi connectivity index (χ4n) is 16.2. The van der Waals surface area contributed by atoms with Gasteiger partial charge in [0.1, 0.15) is 10.0 Å². The van der Waals surface area contributed by atoms with E-state index in [1.807, 2.05) is 63.3 Å². The molecule has 0 radical (unpaired) electrons. The summed E-state index contributed by atoms with van der Waals surface area (Å²) in [4.78, 5) is 63.7. The monoisotopic (exact) mass is 1560 g/mol. The third-order valence-electron chi connectivity index (χ3n) is 22.5. The number of hydrogen-bond donors (Lipinski definition) is 0. The van der Waals surface area contributed by atoms with E-state index >= 15 is 9.59 Å². The second kappa shape index (κ2) is 47.2. The first-order valence-electron chi connectivity index (χ1n) is 43.1. The lowest BCUT2D eigenvalue weighted by atomic mass is 9.93. The maximum atomic E-state index is 16.6. The minimum Gasteiger partial charge on any atom is -0.304 e. The lowest BCUT2D eigenvalue weighted by Crippen LogP contribution is -2.35. The predicted molar refractivity (Wildman–Crippen MR) is 472 cm³/mol. The van der Waals surface area contributed by atoms with Crippen molar-refractivity contribution in [3.63, 3.8) is 0 Å². The number of thiophene rings is 4. The molecule has 10 rings (SSSR count). The van der Waals surface area contributed by atoms with Crippen LogP contribution in [0.25, 0.3) is 51.1 Å². The average Bonchev–Trinajstić information content (AvgIpc) is 1.55. The fourth-order valence-corrected chi connectivity index (χ4v) is 23.6. The van der Waals surface area contributed by atoms with Gasteiger partial charge in [0.05, 0.1) is 32.3 Å². The maximum absolute atomic E-state index is 16.6. The minimum absolute atomic E-state index is 0.0284. The van der Waals surface area contributed by atoms with Crippen molar-refractivity contribution in [3.8, 4) is 29.3 Å². The van der Waals surface area contributed by atoms with Gasteiger partial charge >= 0.3 is 0 Å². The van der Waals surface area contributed by atoms with Gasteiger partial charge in [0.15, 0.2) is 0 Å². The molecule has 0 N–H and O–H groups in total. The number of hydrogen-bond acceptors (Lipinski definition) is 11. The topological polar surface area (TPSA) is 66.4 Å². The highest BCUT2D eigenvalue weighted by molar-refractivity contribution is 8.12. The molecular weight excluding hydrogens is 1430 g/mol. The Morgan fingerprint density at radius 2 is 0.717 bits per heavy atom. The molecular formula is C93H132N4O2S7. The molecule has 6 aromatic rings. The highest BCUT2D eigenvalue weighted by atomic mass is 32.2. The number of thiazole rings is 2. The zero-order chi connectivity index (χ0) is 73.9. The van der Waals surface area contributed by atoms with Crippen LogP contribution in [0.1, 0.15) is 360 Å². The largest absolute Gasteiger partial charge is 0.304 e. The van der Waals surface area contributed by atoms with Gasteiger partial charge in [-0.3, -0.25) is 9.59 Å². The Balaban J connectivity index is 0.976. The van der Waals surface area contributed by atoms with Crippen LogP contribution < -0.4 is 0 Å². The van der Waals surface area contributed by atoms with Gasteiger partial charge in [-0.25, -0.2) is 9.97 Å². The lowest BCUT2D eigenvalue weighted by molar-refractivity contribution is -0.124. The van der Waals surface area contributed by atoms with Crippen molar-refractivity contribution < 1.29 is 9.59 Å². The van der Waals surface area contributed by atoms with Gasteiger partial charge in [-0.15, -0.1) is 68.0 Å². The summed E-state index contributed by atoms with van der Waals surface area (Å²) in [5.74, 6) is 0.560. The van der Waals surface area contributed by atoms with Gasteiger partial charge in [0.2, 0.25) is 0 Å². The van der Waals surface area contributed by atoms with Crippen LogP contribution in [0.4, 0.5) is 0 Å². The molecule has 2 unspecified atom stereocenters. The fraction of sp³-hybridized carbons (Fsp3) is 0.613. The minimum atomic E-state index is -0.0286. The van der Waals surface area contributed by atoms with Crippen molar-refractivity contribution in [1.29, 1.82) is 0 Å². The van der Waals surface area contributed by atoms with Crippen LogP contribution in [0.5, 0.6) is 0 Å². The summed E-state index contributed by atoms with van der Waals surface area (Å²) in [5.41, 5.74) is 5.24. The number of thioether (sulfide) groups is 1. The number of aryl methyl sites for hydroxylation is 2. The average molecular weight is 1560 g/mol. The number of carbonyl (C=O) groups excluding carboxylic acids is 2. The normalized spacial score (nSPS) is 15.3. The molecule has 2 amide bonds. The number of unbranched alkanes of at least 4 members (excludes halogenated alkanes) is 35. The van der Waals surface area contributed by atoms with E-state index in [1.54, 1.807) is 22.7 Å². The Morgan fingerprint density at radius 3 is 1.15 bits per heavy atom. The second-order valence-corrected chi connectivity index (χ2v) is 39.2. The molecule has 13 heteroatoms. The zero-order valence-corrected chi connectivity index (χ0v) is 72.1. The van der Waals surface area contributed by atoms with Gasteiger partial charge < -0.3 is 9.80 Å². The van der Waals surface area contributed by atoms with Crippen LogP contribution >= 0.6 is 79.8 Å². The smallest absolute Gasteiger partial charge is 0.261 e. The number of allylic oxidation sites excluding steroid dienone is 6. The Bertz CT molecular complexity index is 3790. The lowest BCUT2D eigenvalue weighted by Gasteiger charge is -2.29. The van der Waals surface area contributed by atoms with Crippen molar-refractivity contribution in [2.24, 2.45) is 11.8 Å². The third kappa shape index (κ3) is 25.7. The number of carbonyl (C=O) groups is 2. The van der Waals surface area contributed by atoms with Crippen LogP contribution in [0.2, 0.25) is 0 Å². The molecule has 1 aliphatic carbocycles. The van der Waals surface area contributed by atoms with E-state index in [9.17, 15) is 0 Å². The first-order chi connectivity index (χ1) is 52.2. The van der Waals surface area contributed by atoms with E-state index in [1.165, 1.54) is 318 Å². The van der Waals surface area contributed by atoms with E-state index in [0.717, 1.165) is 74.6 Å². The van der Waals surface area contributed by atoms with E-state index in [2.05, 4.69) is 130 Å². The molecule has 3 aliphatic heterocycles. The molecule has 9 heterocycles. The van der Waals surface area contributed by atoms with Gasteiger partial charge in [-0.2, -0.15) is 0 Å². The molecule has 0 bridgehead atoms. The van der Waals surface area contributed by atoms with Crippen molar-refractivity contribution in [2.45, 2.75) is 343 Å². The van der Waals surface area contributed by atoms with Gasteiger partial charge in [-0.05, 0) is 130 Å². The summed E-state index contributed by atoms with van der Waals surface area (Å²) in [5, 5.41) is 1.57. The Hall–Kier alpha value is -4.21.